The normalized spacial score (nSPS) is 14.5. The quantitative estimate of drug-likeness (QED) is 0.723. The Kier molecular flexibility index (Phi) is 5.70. The topological polar surface area (TPSA) is 52.6 Å². The molecule has 0 aromatic heterocycles. The second-order valence-corrected chi connectivity index (χ2v) is 5.64. The molecule has 2 rings (SSSR count). The standard InChI is InChI=1S/C16H23FN2O2/c1-12-4-5-13(10-15(12)17)18-16(21)11-19(14-6-7-14)8-2-3-9-20/h4-5,10,14,20H,2-3,6-9,11H2,1H3,(H,18,21). The van der Waals surface area contributed by atoms with Crippen molar-refractivity contribution >= 4 is 11.6 Å². The van der Waals surface area contributed by atoms with Gasteiger partial charge < -0.3 is 10.4 Å². The van der Waals surface area contributed by atoms with E-state index < -0.39 is 0 Å². The summed E-state index contributed by atoms with van der Waals surface area (Å²) in [4.78, 5) is 14.2. The van der Waals surface area contributed by atoms with Gasteiger partial charge in [-0.2, -0.15) is 0 Å². The number of aryl methyl sites for hydroxylation is 1. The zero-order chi connectivity index (χ0) is 15.2. The Hall–Kier alpha value is -1.46. The number of anilines is 1. The Balaban J connectivity index is 1.85. The predicted molar refractivity (Wildman–Crippen MR) is 80.7 cm³/mol. The molecule has 1 aromatic rings. The molecule has 2 N–H and O–H groups in total. The summed E-state index contributed by atoms with van der Waals surface area (Å²) in [6.07, 6.45) is 3.91. The minimum Gasteiger partial charge on any atom is -0.396 e. The molecule has 0 saturated heterocycles. The summed E-state index contributed by atoms with van der Waals surface area (Å²) >= 11 is 0. The molecule has 0 radical (unpaired) electrons. The van der Waals surface area contributed by atoms with Gasteiger partial charge in [-0.3, -0.25) is 9.69 Å². The zero-order valence-electron chi connectivity index (χ0n) is 12.4. The number of rotatable bonds is 8. The van der Waals surface area contributed by atoms with Crippen LogP contribution in [0.3, 0.4) is 0 Å². The summed E-state index contributed by atoms with van der Waals surface area (Å²) in [5, 5.41) is 11.6. The number of aliphatic hydroxyl groups excluding tert-OH is 1. The van der Waals surface area contributed by atoms with Gasteiger partial charge in [0.2, 0.25) is 5.91 Å². The molecule has 0 unspecified atom stereocenters. The van der Waals surface area contributed by atoms with Crippen molar-refractivity contribution in [1.29, 1.82) is 0 Å². The monoisotopic (exact) mass is 294 g/mol. The van der Waals surface area contributed by atoms with Gasteiger partial charge in [0, 0.05) is 18.3 Å². The fourth-order valence-corrected chi connectivity index (χ4v) is 2.31. The maximum absolute atomic E-state index is 13.5. The molecule has 4 nitrogen and oxygen atoms in total. The van der Waals surface area contributed by atoms with Gasteiger partial charge in [-0.25, -0.2) is 4.39 Å². The highest BCUT2D eigenvalue weighted by molar-refractivity contribution is 5.92. The molecule has 1 fully saturated rings. The van der Waals surface area contributed by atoms with Crippen LogP contribution in [0.4, 0.5) is 10.1 Å². The van der Waals surface area contributed by atoms with Crippen LogP contribution >= 0.6 is 0 Å². The van der Waals surface area contributed by atoms with Crippen LogP contribution in [-0.2, 0) is 4.79 Å². The number of nitrogens with one attached hydrogen (secondary N) is 1. The Morgan fingerprint density at radius 3 is 2.81 bits per heavy atom. The van der Waals surface area contributed by atoms with Crippen LogP contribution < -0.4 is 5.32 Å². The lowest BCUT2D eigenvalue weighted by atomic mass is 10.2. The number of carbonyl (C=O) groups excluding carboxylic acids is 1. The van der Waals surface area contributed by atoms with Crippen molar-refractivity contribution in [2.45, 2.75) is 38.6 Å². The highest BCUT2D eigenvalue weighted by Gasteiger charge is 2.29. The molecule has 1 saturated carbocycles. The van der Waals surface area contributed by atoms with E-state index in [9.17, 15) is 9.18 Å². The van der Waals surface area contributed by atoms with E-state index in [1.54, 1.807) is 19.1 Å². The molecular weight excluding hydrogens is 271 g/mol. The average Bonchev–Trinajstić information content (AvgIpc) is 3.26. The number of aliphatic hydroxyl groups is 1. The molecule has 0 spiro atoms. The van der Waals surface area contributed by atoms with Crippen molar-refractivity contribution in [3.8, 4) is 0 Å². The van der Waals surface area contributed by atoms with Crippen molar-refractivity contribution in [1.82, 2.24) is 4.90 Å². The molecule has 21 heavy (non-hydrogen) atoms. The van der Waals surface area contributed by atoms with Crippen LogP contribution in [0.2, 0.25) is 0 Å². The van der Waals surface area contributed by atoms with Crippen LogP contribution in [0.5, 0.6) is 0 Å². The zero-order valence-corrected chi connectivity index (χ0v) is 12.4. The molecule has 1 aromatic carbocycles. The van der Waals surface area contributed by atoms with E-state index in [0.29, 0.717) is 23.8 Å². The van der Waals surface area contributed by atoms with Crippen LogP contribution in [0.15, 0.2) is 18.2 Å². The van der Waals surface area contributed by atoms with E-state index in [1.807, 2.05) is 0 Å². The highest BCUT2D eigenvalue weighted by Crippen LogP contribution is 2.27. The summed E-state index contributed by atoms with van der Waals surface area (Å²) in [6, 6.07) is 5.21. The van der Waals surface area contributed by atoms with E-state index in [4.69, 9.17) is 5.11 Å². The molecule has 5 heteroatoms. The molecule has 0 bridgehead atoms. The summed E-state index contributed by atoms with van der Waals surface area (Å²) in [7, 11) is 0. The molecule has 116 valence electrons. The van der Waals surface area contributed by atoms with Crippen molar-refractivity contribution in [3.05, 3.63) is 29.6 Å². The SMILES string of the molecule is Cc1ccc(NC(=O)CN(CCCCO)C2CC2)cc1F. The molecule has 0 aliphatic heterocycles. The number of nitrogens with zero attached hydrogens (tertiary/aromatic N) is 1. The van der Waals surface area contributed by atoms with Crippen molar-refractivity contribution in [2.24, 2.45) is 0 Å². The number of amides is 1. The third-order valence-corrected chi connectivity index (χ3v) is 3.72. The number of hydrogen-bond donors (Lipinski definition) is 2. The Morgan fingerprint density at radius 2 is 2.19 bits per heavy atom. The smallest absolute Gasteiger partial charge is 0.238 e. The minimum absolute atomic E-state index is 0.117. The Labute approximate surface area is 125 Å². The Morgan fingerprint density at radius 1 is 1.43 bits per heavy atom. The summed E-state index contributed by atoms with van der Waals surface area (Å²) in [5.41, 5.74) is 1.06. The van der Waals surface area contributed by atoms with E-state index >= 15 is 0 Å². The number of unbranched alkanes of at least 4 members (excludes halogenated alkanes) is 1. The van der Waals surface area contributed by atoms with E-state index in [-0.39, 0.29) is 18.3 Å². The van der Waals surface area contributed by atoms with Gasteiger partial charge in [0.25, 0.3) is 0 Å². The van der Waals surface area contributed by atoms with Gasteiger partial charge in [0.05, 0.1) is 6.54 Å². The van der Waals surface area contributed by atoms with Gasteiger partial charge in [-0.15, -0.1) is 0 Å². The van der Waals surface area contributed by atoms with Gasteiger partial charge in [-0.05, 0) is 56.8 Å². The average molecular weight is 294 g/mol. The number of carbonyl (C=O) groups is 1. The first-order valence-corrected chi connectivity index (χ1v) is 7.51. The predicted octanol–water partition coefficient (Wildman–Crippen LogP) is 2.31. The minimum atomic E-state index is -0.310. The number of hydrogen-bond acceptors (Lipinski definition) is 3. The maximum atomic E-state index is 13.5. The molecule has 0 atom stereocenters. The molecular formula is C16H23FN2O2. The lowest BCUT2D eigenvalue weighted by Gasteiger charge is -2.21. The maximum Gasteiger partial charge on any atom is 0.238 e. The van der Waals surface area contributed by atoms with E-state index in [1.165, 1.54) is 6.07 Å². The second-order valence-electron chi connectivity index (χ2n) is 5.64. The van der Waals surface area contributed by atoms with Gasteiger partial charge in [0.15, 0.2) is 0 Å². The van der Waals surface area contributed by atoms with Gasteiger partial charge >= 0.3 is 0 Å². The van der Waals surface area contributed by atoms with Crippen LogP contribution in [0.25, 0.3) is 0 Å². The number of benzene rings is 1. The van der Waals surface area contributed by atoms with Crippen molar-refractivity contribution in [3.63, 3.8) is 0 Å². The first-order valence-electron chi connectivity index (χ1n) is 7.51. The third kappa shape index (κ3) is 5.10. The Bertz CT molecular complexity index is 489. The second kappa shape index (κ2) is 7.52. The largest absolute Gasteiger partial charge is 0.396 e. The van der Waals surface area contributed by atoms with Crippen LogP contribution in [-0.4, -0.2) is 41.7 Å². The van der Waals surface area contributed by atoms with Gasteiger partial charge in [0.1, 0.15) is 5.82 Å². The first-order chi connectivity index (χ1) is 10.1. The molecule has 0 heterocycles. The van der Waals surface area contributed by atoms with Crippen molar-refractivity contribution in [2.75, 3.05) is 25.0 Å². The molecule has 1 aliphatic carbocycles. The third-order valence-electron chi connectivity index (χ3n) is 3.72. The number of halogens is 1. The summed E-state index contributed by atoms with van der Waals surface area (Å²) in [6.45, 7) is 3.02. The van der Waals surface area contributed by atoms with Crippen molar-refractivity contribution < 1.29 is 14.3 Å². The lowest BCUT2D eigenvalue weighted by Crippen LogP contribution is -2.35. The molecule has 1 amide bonds. The van der Waals surface area contributed by atoms with E-state index in [2.05, 4.69) is 10.2 Å². The van der Waals surface area contributed by atoms with Gasteiger partial charge in [-0.1, -0.05) is 6.07 Å². The lowest BCUT2D eigenvalue weighted by molar-refractivity contribution is -0.117. The van der Waals surface area contributed by atoms with Crippen LogP contribution in [0, 0.1) is 12.7 Å². The fourth-order valence-electron chi connectivity index (χ4n) is 2.31. The fraction of sp³-hybridized carbons (Fsp3) is 0.562. The summed E-state index contributed by atoms with van der Waals surface area (Å²) < 4.78 is 13.5. The van der Waals surface area contributed by atoms with E-state index in [0.717, 1.165) is 32.2 Å². The first kappa shape index (κ1) is 15.9. The highest BCUT2D eigenvalue weighted by atomic mass is 19.1. The molecule has 1 aliphatic rings. The van der Waals surface area contributed by atoms with Crippen LogP contribution in [0.1, 0.15) is 31.2 Å². The summed E-state index contributed by atoms with van der Waals surface area (Å²) in [5.74, 6) is -0.427.